The lowest BCUT2D eigenvalue weighted by Gasteiger charge is -2.20. The molecule has 0 bridgehead atoms. The fourth-order valence-electron chi connectivity index (χ4n) is 2.35. The summed E-state index contributed by atoms with van der Waals surface area (Å²) >= 11 is 0. The molecule has 1 aliphatic heterocycles. The van der Waals surface area contributed by atoms with E-state index in [1.54, 1.807) is 0 Å². The first-order valence-electron chi connectivity index (χ1n) is 6.34. The van der Waals surface area contributed by atoms with Crippen molar-refractivity contribution in [1.29, 1.82) is 0 Å². The van der Waals surface area contributed by atoms with Crippen molar-refractivity contribution < 1.29 is 4.74 Å². The Morgan fingerprint density at radius 3 is 3.28 bits per heavy atom. The number of aromatic nitrogens is 2. The number of H-pyrrole nitrogens is 1. The van der Waals surface area contributed by atoms with Crippen LogP contribution >= 0.6 is 0 Å². The quantitative estimate of drug-likeness (QED) is 0.752. The van der Waals surface area contributed by atoms with Gasteiger partial charge in [-0.2, -0.15) is 0 Å². The van der Waals surface area contributed by atoms with Gasteiger partial charge in [-0.1, -0.05) is 0 Å². The third kappa shape index (κ3) is 2.13. The maximum absolute atomic E-state index is 5.78. The summed E-state index contributed by atoms with van der Waals surface area (Å²) in [6.45, 7) is 4.76. The summed E-state index contributed by atoms with van der Waals surface area (Å²) in [6, 6.07) is 5.74. The molecule has 0 aliphatic carbocycles. The van der Waals surface area contributed by atoms with Crippen LogP contribution in [0.1, 0.15) is 13.3 Å². The Kier molecular flexibility index (Phi) is 2.83. The van der Waals surface area contributed by atoms with Gasteiger partial charge in [0.15, 0.2) is 0 Å². The Bertz CT molecular complexity index is 551. The van der Waals surface area contributed by atoms with E-state index in [-0.39, 0.29) is 6.10 Å². The molecule has 18 heavy (non-hydrogen) atoms. The number of benzene rings is 1. The van der Waals surface area contributed by atoms with Crippen LogP contribution in [0.15, 0.2) is 18.2 Å². The third-order valence-electron chi connectivity index (χ3n) is 3.25. The maximum atomic E-state index is 5.78. The van der Waals surface area contributed by atoms with Crippen LogP contribution in [0.4, 0.5) is 11.6 Å². The van der Waals surface area contributed by atoms with E-state index in [0.29, 0.717) is 0 Å². The highest BCUT2D eigenvalue weighted by Crippen LogP contribution is 2.21. The minimum atomic E-state index is 0.241. The first-order valence-corrected chi connectivity index (χ1v) is 6.34. The number of hydrogen-bond acceptors (Lipinski definition) is 4. The number of ether oxygens (including phenoxy) is 1. The smallest absolute Gasteiger partial charge is 0.203 e. The minimum absolute atomic E-state index is 0.241. The van der Waals surface area contributed by atoms with E-state index in [4.69, 9.17) is 10.5 Å². The molecule has 5 heteroatoms. The average molecular weight is 246 g/mol. The van der Waals surface area contributed by atoms with Crippen LogP contribution in [0.3, 0.4) is 0 Å². The zero-order valence-electron chi connectivity index (χ0n) is 10.5. The van der Waals surface area contributed by atoms with Gasteiger partial charge in [-0.15, -0.1) is 0 Å². The van der Waals surface area contributed by atoms with E-state index in [1.165, 1.54) is 0 Å². The summed E-state index contributed by atoms with van der Waals surface area (Å²) in [7, 11) is 0. The summed E-state index contributed by atoms with van der Waals surface area (Å²) < 4.78 is 5.64. The molecule has 1 atom stereocenters. The standard InChI is InChI=1S/C13H18N4O/c1-9-8-17(5-2-6-18-9)13-15-11-4-3-10(14)7-12(11)16-13/h3-4,7,9H,2,5-6,8,14H2,1H3,(H,15,16). The molecule has 1 aromatic heterocycles. The Morgan fingerprint density at radius 1 is 1.50 bits per heavy atom. The predicted molar refractivity (Wildman–Crippen MR) is 72.8 cm³/mol. The van der Waals surface area contributed by atoms with Crippen molar-refractivity contribution in [3.8, 4) is 0 Å². The van der Waals surface area contributed by atoms with Crippen molar-refractivity contribution in [1.82, 2.24) is 9.97 Å². The lowest BCUT2D eigenvalue weighted by Crippen LogP contribution is -2.30. The van der Waals surface area contributed by atoms with E-state index in [2.05, 4.69) is 21.8 Å². The van der Waals surface area contributed by atoms with Crippen LogP contribution in [0.2, 0.25) is 0 Å². The van der Waals surface area contributed by atoms with Gasteiger partial charge in [0, 0.05) is 25.4 Å². The molecule has 3 N–H and O–H groups in total. The minimum Gasteiger partial charge on any atom is -0.399 e. The number of rotatable bonds is 1. The van der Waals surface area contributed by atoms with Crippen molar-refractivity contribution in [2.75, 3.05) is 30.3 Å². The van der Waals surface area contributed by atoms with E-state index < -0.39 is 0 Å². The van der Waals surface area contributed by atoms with Crippen LogP contribution in [0.25, 0.3) is 11.0 Å². The monoisotopic (exact) mass is 246 g/mol. The highest BCUT2D eigenvalue weighted by Gasteiger charge is 2.18. The summed E-state index contributed by atoms with van der Waals surface area (Å²) in [6.07, 6.45) is 1.27. The normalized spacial score (nSPS) is 21.2. The number of aromatic amines is 1. The first-order chi connectivity index (χ1) is 8.72. The number of fused-ring (bicyclic) bond motifs is 1. The molecule has 1 aromatic carbocycles. The van der Waals surface area contributed by atoms with Gasteiger partial charge in [0.2, 0.25) is 5.95 Å². The van der Waals surface area contributed by atoms with Crippen molar-refractivity contribution >= 4 is 22.7 Å². The van der Waals surface area contributed by atoms with Crippen LogP contribution < -0.4 is 10.6 Å². The van der Waals surface area contributed by atoms with Crippen LogP contribution in [-0.4, -0.2) is 35.8 Å². The summed E-state index contributed by atoms with van der Waals surface area (Å²) in [5, 5.41) is 0. The summed E-state index contributed by atoms with van der Waals surface area (Å²) in [5.74, 6) is 0.910. The van der Waals surface area contributed by atoms with Crippen molar-refractivity contribution in [2.24, 2.45) is 0 Å². The molecule has 0 amide bonds. The number of nitrogen functional groups attached to an aromatic ring is 1. The van der Waals surface area contributed by atoms with Gasteiger partial charge in [-0.3, -0.25) is 0 Å². The lowest BCUT2D eigenvalue weighted by molar-refractivity contribution is 0.0820. The van der Waals surface area contributed by atoms with Crippen molar-refractivity contribution in [3.63, 3.8) is 0 Å². The van der Waals surface area contributed by atoms with Crippen LogP contribution in [0.5, 0.6) is 0 Å². The molecule has 1 unspecified atom stereocenters. The Labute approximate surface area is 106 Å². The van der Waals surface area contributed by atoms with Gasteiger partial charge >= 0.3 is 0 Å². The highest BCUT2D eigenvalue weighted by atomic mass is 16.5. The molecule has 0 radical (unpaired) electrons. The first kappa shape index (κ1) is 11.3. The Morgan fingerprint density at radius 2 is 2.39 bits per heavy atom. The fraction of sp³-hybridized carbons (Fsp3) is 0.462. The summed E-state index contributed by atoms with van der Waals surface area (Å²) in [4.78, 5) is 10.2. The average Bonchev–Trinajstić information content (AvgIpc) is 2.63. The van der Waals surface area contributed by atoms with Gasteiger partial charge in [0.1, 0.15) is 0 Å². The Hall–Kier alpha value is -1.75. The number of nitrogens with zero attached hydrogens (tertiary/aromatic N) is 2. The number of nitrogens with one attached hydrogen (secondary N) is 1. The molecule has 5 nitrogen and oxygen atoms in total. The van der Waals surface area contributed by atoms with Gasteiger partial charge in [-0.05, 0) is 31.5 Å². The highest BCUT2D eigenvalue weighted by molar-refractivity contribution is 5.80. The lowest BCUT2D eigenvalue weighted by atomic mass is 10.3. The van der Waals surface area contributed by atoms with Crippen molar-refractivity contribution in [2.45, 2.75) is 19.4 Å². The van der Waals surface area contributed by atoms with Crippen molar-refractivity contribution in [3.05, 3.63) is 18.2 Å². The van der Waals surface area contributed by atoms with Crippen LogP contribution in [0, 0.1) is 0 Å². The predicted octanol–water partition coefficient (Wildman–Crippen LogP) is 1.76. The van der Waals surface area contributed by atoms with Gasteiger partial charge in [0.25, 0.3) is 0 Å². The number of anilines is 2. The van der Waals surface area contributed by atoms with Gasteiger partial charge in [0.05, 0.1) is 17.1 Å². The molecule has 2 heterocycles. The number of imidazole rings is 1. The molecule has 2 aromatic rings. The molecule has 0 spiro atoms. The zero-order chi connectivity index (χ0) is 12.5. The topological polar surface area (TPSA) is 67.2 Å². The van der Waals surface area contributed by atoms with Gasteiger partial charge in [-0.25, -0.2) is 4.98 Å². The number of nitrogens with two attached hydrogens (primary N) is 1. The molecule has 0 saturated carbocycles. The molecule has 3 rings (SSSR count). The Balaban J connectivity index is 1.93. The van der Waals surface area contributed by atoms with E-state index in [9.17, 15) is 0 Å². The fourth-order valence-corrected chi connectivity index (χ4v) is 2.35. The second kappa shape index (κ2) is 4.49. The van der Waals surface area contributed by atoms with Crippen LogP contribution in [-0.2, 0) is 4.74 Å². The number of hydrogen-bond donors (Lipinski definition) is 2. The zero-order valence-corrected chi connectivity index (χ0v) is 10.5. The SMILES string of the molecule is CC1CN(c2nc3ccc(N)cc3[nH]2)CCCO1. The van der Waals surface area contributed by atoms with E-state index in [1.807, 2.05) is 18.2 Å². The third-order valence-corrected chi connectivity index (χ3v) is 3.25. The second-order valence-electron chi connectivity index (χ2n) is 4.82. The largest absolute Gasteiger partial charge is 0.399 e. The maximum Gasteiger partial charge on any atom is 0.203 e. The second-order valence-corrected chi connectivity index (χ2v) is 4.82. The summed E-state index contributed by atoms with van der Waals surface area (Å²) in [5.41, 5.74) is 8.48. The molecular weight excluding hydrogens is 228 g/mol. The van der Waals surface area contributed by atoms with Gasteiger partial charge < -0.3 is 20.4 Å². The molecule has 1 fully saturated rings. The van der Waals surface area contributed by atoms with E-state index in [0.717, 1.165) is 48.8 Å². The molecule has 96 valence electrons. The molecular formula is C13H18N4O. The molecule has 1 saturated heterocycles. The van der Waals surface area contributed by atoms with E-state index >= 15 is 0 Å². The molecule has 1 aliphatic rings.